The molecule has 0 bridgehead atoms. The number of benzene rings is 2. The van der Waals surface area contributed by atoms with Crippen LogP contribution in [0.4, 0.5) is 16.2 Å². The maximum atomic E-state index is 12.7. The van der Waals surface area contributed by atoms with Crippen molar-refractivity contribution in [2.45, 2.75) is 0 Å². The van der Waals surface area contributed by atoms with Crippen LogP contribution < -0.4 is 15.4 Å². The fraction of sp³-hybridized carbons (Fsp3) is 0.222. The quantitative estimate of drug-likeness (QED) is 0.557. The van der Waals surface area contributed by atoms with Gasteiger partial charge in [-0.15, -0.1) is 0 Å². The lowest BCUT2D eigenvalue weighted by Crippen LogP contribution is -2.47. The predicted molar refractivity (Wildman–Crippen MR) is 108 cm³/mol. The molecule has 0 unspecified atom stereocenters. The third-order valence-electron chi connectivity index (χ3n) is 4.17. The first-order valence-corrected chi connectivity index (χ1v) is 9.33. The van der Waals surface area contributed by atoms with Gasteiger partial charge < -0.3 is 20.3 Å². The Morgan fingerprint density at radius 1 is 1.14 bits per heavy atom. The van der Waals surface area contributed by atoms with Crippen LogP contribution >= 0.6 is 23.2 Å². The molecule has 3 rings (SSSR count). The molecular formula is C18H16Cl2N4O5. The Kier molecular flexibility index (Phi) is 6.53. The molecule has 0 aromatic heterocycles. The molecule has 2 aromatic rings. The average molecular weight is 439 g/mol. The van der Waals surface area contributed by atoms with Gasteiger partial charge in [0.1, 0.15) is 5.75 Å². The number of anilines is 1. The van der Waals surface area contributed by atoms with E-state index in [1.54, 1.807) is 0 Å². The Labute approximate surface area is 175 Å². The van der Waals surface area contributed by atoms with E-state index in [2.05, 4.69) is 10.6 Å². The fourth-order valence-corrected chi connectivity index (χ4v) is 3.08. The van der Waals surface area contributed by atoms with Crippen LogP contribution in [0.2, 0.25) is 10.0 Å². The summed E-state index contributed by atoms with van der Waals surface area (Å²) < 4.78 is 5.40. The Morgan fingerprint density at radius 2 is 1.86 bits per heavy atom. The minimum atomic E-state index is -0.633. The van der Waals surface area contributed by atoms with Gasteiger partial charge in [-0.3, -0.25) is 14.9 Å². The summed E-state index contributed by atoms with van der Waals surface area (Å²) in [5.74, 6) is -0.597. The van der Waals surface area contributed by atoms with Crippen LogP contribution in [0.25, 0.3) is 0 Å². The molecule has 152 valence electrons. The minimum absolute atomic E-state index is 0.00561. The van der Waals surface area contributed by atoms with Gasteiger partial charge in [-0.25, -0.2) is 4.79 Å². The predicted octanol–water partition coefficient (Wildman–Crippen LogP) is 3.56. The van der Waals surface area contributed by atoms with Crippen molar-refractivity contribution in [2.24, 2.45) is 0 Å². The summed E-state index contributed by atoms with van der Waals surface area (Å²) in [5, 5.41) is 16.8. The molecule has 1 heterocycles. The van der Waals surface area contributed by atoms with Gasteiger partial charge in [0.2, 0.25) is 0 Å². The van der Waals surface area contributed by atoms with E-state index in [-0.39, 0.29) is 32.7 Å². The summed E-state index contributed by atoms with van der Waals surface area (Å²) in [5.41, 5.74) is -0.0153. The number of nitro groups is 1. The van der Waals surface area contributed by atoms with Crippen LogP contribution in [-0.2, 0) is 0 Å². The van der Waals surface area contributed by atoms with Crippen molar-refractivity contribution >= 4 is 46.6 Å². The second-order valence-corrected chi connectivity index (χ2v) is 6.96. The maximum Gasteiger partial charge on any atom is 0.415 e. The number of ether oxygens (including phenoxy) is 1. The number of hydrogen-bond acceptors (Lipinski definition) is 6. The fourth-order valence-electron chi connectivity index (χ4n) is 2.68. The molecule has 11 heteroatoms. The lowest BCUT2D eigenvalue weighted by molar-refractivity contribution is -0.384. The van der Waals surface area contributed by atoms with E-state index in [9.17, 15) is 19.7 Å². The summed E-state index contributed by atoms with van der Waals surface area (Å²) in [7, 11) is 0. The SMILES string of the molecule is O=C(Nc1ccc([N+](=O)[O-])cc1Cl)c1cc(Cl)ccc1OC(=O)N1CCNCC1. The number of rotatable bonds is 4. The lowest BCUT2D eigenvalue weighted by Gasteiger charge is -2.26. The number of carbonyl (C=O) groups is 2. The van der Waals surface area contributed by atoms with Crippen molar-refractivity contribution in [3.8, 4) is 5.75 Å². The molecule has 2 aromatic carbocycles. The van der Waals surface area contributed by atoms with Crippen LogP contribution in [0.3, 0.4) is 0 Å². The molecule has 1 fully saturated rings. The third kappa shape index (κ3) is 5.14. The highest BCUT2D eigenvalue weighted by molar-refractivity contribution is 6.34. The number of nitrogens with one attached hydrogen (secondary N) is 2. The zero-order valence-corrected chi connectivity index (χ0v) is 16.5. The summed E-state index contributed by atoms with van der Waals surface area (Å²) in [6.07, 6.45) is -0.573. The molecular weight excluding hydrogens is 423 g/mol. The van der Waals surface area contributed by atoms with E-state index in [1.165, 1.54) is 35.2 Å². The highest BCUT2D eigenvalue weighted by Crippen LogP contribution is 2.29. The monoisotopic (exact) mass is 438 g/mol. The van der Waals surface area contributed by atoms with Crippen molar-refractivity contribution in [3.63, 3.8) is 0 Å². The summed E-state index contributed by atoms with van der Waals surface area (Å²) in [4.78, 5) is 36.9. The van der Waals surface area contributed by atoms with E-state index >= 15 is 0 Å². The molecule has 0 radical (unpaired) electrons. The number of non-ortho nitro benzene ring substituents is 1. The lowest BCUT2D eigenvalue weighted by atomic mass is 10.1. The number of carbonyl (C=O) groups excluding carboxylic acids is 2. The Hall–Kier alpha value is -2.88. The first kappa shape index (κ1) is 20.8. The minimum Gasteiger partial charge on any atom is -0.409 e. The van der Waals surface area contributed by atoms with Crippen LogP contribution in [-0.4, -0.2) is 48.0 Å². The van der Waals surface area contributed by atoms with E-state index in [0.29, 0.717) is 26.2 Å². The largest absolute Gasteiger partial charge is 0.415 e. The van der Waals surface area contributed by atoms with Gasteiger partial charge in [0.05, 0.1) is 21.2 Å². The molecule has 0 spiro atoms. The van der Waals surface area contributed by atoms with Crippen molar-refractivity contribution in [1.29, 1.82) is 0 Å². The third-order valence-corrected chi connectivity index (χ3v) is 4.72. The smallest absolute Gasteiger partial charge is 0.409 e. The summed E-state index contributed by atoms with van der Waals surface area (Å²) >= 11 is 12.0. The molecule has 0 saturated carbocycles. The van der Waals surface area contributed by atoms with Crippen molar-refractivity contribution in [1.82, 2.24) is 10.2 Å². The number of piperazine rings is 1. The van der Waals surface area contributed by atoms with Crippen LogP contribution in [0.15, 0.2) is 36.4 Å². The van der Waals surface area contributed by atoms with E-state index in [1.807, 2.05) is 0 Å². The molecule has 1 saturated heterocycles. The number of amides is 2. The second kappa shape index (κ2) is 9.08. The highest BCUT2D eigenvalue weighted by atomic mass is 35.5. The van der Waals surface area contributed by atoms with Crippen molar-refractivity contribution in [3.05, 3.63) is 62.1 Å². The van der Waals surface area contributed by atoms with E-state index < -0.39 is 16.9 Å². The molecule has 29 heavy (non-hydrogen) atoms. The van der Waals surface area contributed by atoms with Gasteiger partial charge >= 0.3 is 6.09 Å². The topological polar surface area (TPSA) is 114 Å². The number of halogens is 2. The van der Waals surface area contributed by atoms with Gasteiger partial charge in [0.25, 0.3) is 11.6 Å². The zero-order chi connectivity index (χ0) is 21.0. The average Bonchev–Trinajstić information content (AvgIpc) is 2.71. The summed E-state index contributed by atoms with van der Waals surface area (Å²) in [6, 6.07) is 7.93. The number of nitrogens with zero attached hydrogens (tertiary/aromatic N) is 2. The standard InChI is InChI=1S/C18H16Cl2N4O5/c19-11-1-4-16(29-18(26)23-7-5-21-6-8-23)13(9-11)17(25)22-15-3-2-12(24(27)28)10-14(15)20/h1-4,9-10,21H,5-8H2,(H,22,25). The van der Waals surface area contributed by atoms with Gasteiger partial charge in [-0.1, -0.05) is 23.2 Å². The molecule has 0 atom stereocenters. The van der Waals surface area contributed by atoms with Crippen molar-refractivity contribution < 1.29 is 19.2 Å². The van der Waals surface area contributed by atoms with E-state index in [0.717, 1.165) is 6.07 Å². The van der Waals surface area contributed by atoms with Gasteiger partial charge in [0, 0.05) is 43.3 Å². The zero-order valence-electron chi connectivity index (χ0n) is 15.0. The number of hydrogen-bond donors (Lipinski definition) is 2. The maximum absolute atomic E-state index is 12.7. The first-order chi connectivity index (χ1) is 13.8. The molecule has 1 aliphatic heterocycles. The van der Waals surface area contributed by atoms with Gasteiger partial charge in [0.15, 0.2) is 0 Å². The molecule has 9 nitrogen and oxygen atoms in total. The van der Waals surface area contributed by atoms with Crippen LogP contribution in [0.1, 0.15) is 10.4 Å². The normalized spacial score (nSPS) is 13.7. The van der Waals surface area contributed by atoms with Crippen LogP contribution in [0.5, 0.6) is 5.75 Å². The Balaban J connectivity index is 1.80. The van der Waals surface area contributed by atoms with Gasteiger partial charge in [-0.05, 0) is 24.3 Å². The number of nitro benzene ring substituents is 1. The first-order valence-electron chi connectivity index (χ1n) is 8.57. The van der Waals surface area contributed by atoms with Crippen molar-refractivity contribution in [2.75, 3.05) is 31.5 Å². The summed E-state index contributed by atoms with van der Waals surface area (Å²) in [6.45, 7) is 2.29. The highest BCUT2D eigenvalue weighted by Gasteiger charge is 2.22. The molecule has 2 N–H and O–H groups in total. The van der Waals surface area contributed by atoms with E-state index in [4.69, 9.17) is 27.9 Å². The molecule has 0 aliphatic carbocycles. The molecule has 2 amide bonds. The van der Waals surface area contributed by atoms with Crippen LogP contribution in [0, 0.1) is 10.1 Å². The molecule has 1 aliphatic rings. The Bertz CT molecular complexity index is 963. The van der Waals surface area contributed by atoms with Gasteiger partial charge in [-0.2, -0.15) is 0 Å². The Morgan fingerprint density at radius 3 is 2.52 bits per heavy atom. The second-order valence-electron chi connectivity index (χ2n) is 6.12.